The predicted octanol–water partition coefficient (Wildman–Crippen LogP) is 4.52. The Morgan fingerprint density at radius 2 is 1.77 bits per heavy atom. The van der Waals surface area contributed by atoms with E-state index in [1.165, 1.54) is 4.90 Å². The van der Waals surface area contributed by atoms with E-state index in [0.29, 0.717) is 47.4 Å². The van der Waals surface area contributed by atoms with Crippen molar-refractivity contribution in [1.29, 1.82) is 0 Å². The monoisotopic (exact) mass is 733 g/mol. The summed E-state index contributed by atoms with van der Waals surface area (Å²) in [7, 11) is -2.42. The van der Waals surface area contributed by atoms with Crippen LogP contribution in [0.25, 0.3) is 22.2 Å². The SMILES string of the molecule is COc1ccc2c(OC3CC(C(=O)N(C(=O)NS(=O)(=O)C4CC4)C4CC45CC5)N(C(=O)C(NC(=O)O)C(C)(C)C)C3)cc(-c3ccccc3)nc2c1. The third kappa shape index (κ3) is 6.97. The molecule has 5 amide bonds. The highest BCUT2D eigenvalue weighted by Crippen LogP contribution is 2.68. The molecule has 4 atom stereocenters. The molecule has 3 N–H and O–H groups in total. The van der Waals surface area contributed by atoms with E-state index in [0.717, 1.165) is 23.3 Å². The quantitative estimate of drug-likeness (QED) is 0.268. The number of fused-ring (bicyclic) bond motifs is 1. The zero-order valence-electron chi connectivity index (χ0n) is 29.5. The molecule has 0 radical (unpaired) electrons. The third-order valence-electron chi connectivity index (χ3n) is 10.6. The summed E-state index contributed by atoms with van der Waals surface area (Å²) in [5.41, 5.74) is 0.926. The number of imide groups is 1. The van der Waals surface area contributed by atoms with Crippen molar-refractivity contribution >= 4 is 44.9 Å². The van der Waals surface area contributed by atoms with E-state index in [2.05, 4.69) is 10.0 Å². The van der Waals surface area contributed by atoms with Gasteiger partial charge in [0.1, 0.15) is 29.7 Å². The van der Waals surface area contributed by atoms with Gasteiger partial charge in [0.15, 0.2) is 0 Å². The lowest BCUT2D eigenvalue weighted by molar-refractivity contribution is -0.145. The van der Waals surface area contributed by atoms with E-state index in [1.807, 2.05) is 36.4 Å². The van der Waals surface area contributed by atoms with Crippen LogP contribution in [0.5, 0.6) is 11.5 Å². The van der Waals surface area contributed by atoms with Crippen molar-refractivity contribution in [1.82, 2.24) is 24.8 Å². The van der Waals surface area contributed by atoms with Crippen molar-refractivity contribution in [2.45, 2.75) is 88.8 Å². The molecule has 3 aromatic rings. The lowest BCUT2D eigenvalue weighted by atomic mass is 9.85. The molecule has 7 rings (SSSR count). The summed E-state index contributed by atoms with van der Waals surface area (Å²) < 4.78 is 39.9. The van der Waals surface area contributed by atoms with Crippen molar-refractivity contribution in [3.8, 4) is 22.8 Å². The maximum Gasteiger partial charge on any atom is 0.405 e. The van der Waals surface area contributed by atoms with Gasteiger partial charge in [-0.1, -0.05) is 51.1 Å². The number of carbonyl (C=O) groups excluding carboxylic acids is 3. The van der Waals surface area contributed by atoms with Gasteiger partial charge in [0.2, 0.25) is 15.9 Å². The van der Waals surface area contributed by atoms with E-state index in [9.17, 15) is 32.7 Å². The maximum absolute atomic E-state index is 14.6. The Balaban J connectivity index is 1.25. The number of nitrogens with zero attached hydrogens (tertiary/aromatic N) is 3. The van der Waals surface area contributed by atoms with Crippen LogP contribution >= 0.6 is 0 Å². The largest absolute Gasteiger partial charge is 0.497 e. The Morgan fingerprint density at radius 1 is 1.06 bits per heavy atom. The highest BCUT2D eigenvalue weighted by atomic mass is 32.2. The van der Waals surface area contributed by atoms with Gasteiger partial charge >= 0.3 is 12.1 Å². The molecule has 14 nitrogen and oxygen atoms in total. The van der Waals surface area contributed by atoms with Crippen LogP contribution in [0.2, 0.25) is 0 Å². The molecule has 1 saturated heterocycles. The number of ether oxygens (including phenoxy) is 2. The number of benzene rings is 2. The Hall–Kier alpha value is -4.92. The number of aromatic nitrogens is 1. The molecule has 3 aliphatic carbocycles. The van der Waals surface area contributed by atoms with Crippen LogP contribution in [-0.2, 0) is 19.6 Å². The van der Waals surface area contributed by atoms with E-state index in [-0.39, 0.29) is 18.4 Å². The fourth-order valence-corrected chi connectivity index (χ4v) is 8.48. The van der Waals surface area contributed by atoms with Crippen LogP contribution in [0.4, 0.5) is 9.59 Å². The standard InChI is InChI=1S/C37H43N5O9S/c1-36(2,3)31(39-35(46)47)33(44)41-20-23(51-29-18-26(21-8-6-5-7-9-21)38-27-16-22(50-4)10-13-25(27)29)17-28(41)32(43)42(30-19-37(30)14-15-37)34(45)40-52(48,49)24-11-12-24/h5-10,13,16,18,23-24,28,30-31,39H,11-12,14-15,17,19-20H2,1-4H3,(H,40,45)(H,46,47). The zero-order valence-corrected chi connectivity index (χ0v) is 30.3. The number of hydrogen-bond donors (Lipinski definition) is 3. The summed E-state index contributed by atoms with van der Waals surface area (Å²) in [6, 6.07) is 12.7. The molecule has 15 heteroatoms. The van der Waals surface area contributed by atoms with Gasteiger partial charge in [-0.2, -0.15) is 0 Å². The number of rotatable bonds is 10. The van der Waals surface area contributed by atoms with Gasteiger partial charge in [0.25, 0.3) is 5.91 Å². The fourth-order valence-electron chi connectivity index (χ4n) is 7.21. The van der Waals surface area contributed by atoms with Gasteiger partial charge in [-0.15, -0.1) is 0 Å². The number of carboxylic acid groups (broad SMARTS) is 1. The molecule has 1 spiro atoms. The van der Waals surface area contributed by atoms with Crippen molar-refractivity contribution in [2.24, 2.45) is 10.8 Å². The average molecular weight is 734 g/mol. The minimum Gasteiger partial charge on any atom is -0.497 e. The average Bonchev–Trinajstić information content (AvgIpc) is 4.03. The van der Waals surface area contributed by atoms with Crippen LogP contribution in [0.15, 0.2) is 54.6 Å². The first-order valence-electron chi connectivity index (χ1n) is 17.5. The molecular weight excluding hydrogens is 690 g/mol. The number of likely N-dealkylation sites (tertiary alicyclic amines) is 1. The molecule has 1 aromatic heterocycles. The lowest BCUT2D eigenvalue weighted by Gasteiger charge is -2.35. The molecule has 2 aromatic carbocycles. The third-order valence-corrected chi connectivity index (χ3v) is 12.4. The Labute approximate surface area is 301 Å². The number of methoxy groups -OCH3 is 1. The minimum absolute atomic E-state index is 0.0337. The van der Waals surface area contributed by atoms with Crippen molar-refractivity contribution in [3.63, 3.8) is 0 Å². The molecule has 1 aliphatic heterocycles. The van der Waals surface area contributed by atoms with E-state index in [4.69, 9.17) is 14.5 Å². The van der Waals surface area contributed by atoms with Gasteiger partial charge in [-0.05, 0) is 55.1 Å². The highest BCUT2D eigenvalue weighted by Gasteiger charge is 2.68. The van der Waals surface area contributed by atoms with E-state index < -0.39 is 68.9 Å². The maximum atomic E-state index is 14.6. The number of nitrogens with one attached hydrogen (secondary N) is 2. The first-order chi connectivity index (χ1) is 24.6. The summed E-state index contributed by atoms with van der Waals surface area (Å²) in [4.78, 5) is 61.7. The molecular formula is C37H43N5O9S. The molecule has 0 bridgehead atoms. The van der Waals surface area contributed by atoms with Crippen LogP contribution in [0.3, 0.4) is 0 Å². The second kappa shape index (κ2) is 12.9. The van der Waals surface area contributed by atoms with Gasteiger partial charge in [0.05, 0.1) is 30.1 Å². The Morgan fingerprint density at radius 3 is 2.37 bits per heavy atom. The summed E-state index contributed by atoms with van der Waals surface area (Å²) in [6.45, 7) is 5.02. The first-order valence-corrected chi connectivity index (χ1v) is 19.0. The van der Waals surface area contributed by atoms with Crippen molar-refractivity contribution in [2.75, 3.05) is 13.7 Å². The number of amides is 5. The van der Waals surface area contributed by atoms with E-state index >= 15 is 0 Å². The van der Waals surface area contributed by atoms with Gasteiger partial charge in [-0.25, -0.2) is 27.7 Å². The second-order valence-electron chi connectivity index (χ2n) is 15.4. The van der Waals surface area contributed by atoms with Crippen LogP contribution in [0.1, 0.15) is 59.3 Å². The van der Waals surface area contributed by atoms with Crippen LogP contribution < -0.4 is 19.5 Å². The smallest absolute Gasteiger partial charge is 0.405 e. The Kier molecular flexibility index (Phi) is 8.83. The summed E-state index contributed by atoms with van der Waals surface area (Å²) in [5.74, 6) is -0.350. The molecule has 4 aliphatic rings. The minimum atomic E-state index is -3.98. The molecule has 4 fully saturated rings. The fraction of sp³-hybridized carbons (Fsp3) is 0.486. The number of carbonyl (C=O) groups is 4. The Bertz CT molecular complexity index is 2040. The lowest BCUT2D eigenvalue weighted by Crippen LogP contribution is -2.59. The van der Waals surface area contributed by atoms with Crippen LogP contribution in [0, 0.1) is 10.8 Å². The number of sulfonamides is 1. The van der Waals surface area contributed by atoms with E-state index in [1.54, 1.807) is 46.1 Å². The van der Waals surface area contributed by atoms with Gasteiger partial charge < -0.3 is 24.8 Å². The summed E-state index contributed by atoms with van der Waals surface area (Å²) >= 11 is 0. The molecule has 276 valence electrons. The number of hydrogen-bond acceptors (Lipinski definition) is 9. The number of urea groups is 1. The topological polar surface area (TPSA) is 185 Å². The molecule has 52 heavy (non-hydrogen) atoms. The molecule has 3 saturated carbocycles. The van der Waals surface area contributed by atoms with Crippen molar-refractivity contribution < 1.29 is 42.2 Å². The number of pyridine rings is 1. The highest BCUT2D eigenvalue weighted by molar-refractivity contribution is 7.90. The molecule has 2 heterocycles. The van der Waals surface area contributed by atoms with Gasteiger partial charge in [-0.3, -0.25) is 14.5 Å². The summed E-state index contributed by atoms with van der Waals surface area (Å²) in [5, 5.41) is 12.0. The van der Waals surface area contributed by atoms with Crippen molar-refractivity contribution in [3.05, 3.63) is 54.6 Å². The van der Waals surface area contributed by atoms with Gasteiger partial charge in [0, 0.05) is 35.5 Å². The molecule has 4 unspecified atom stereocenters. The zero-order chi connectivity index (χ0) is 37.2. The summed E-state index contributed by atoms with van der Waals surface area (Å²) in [6.07, 6.45) is 0.818. The second-order valence-corrected chi connectivity index (χ2v) is 17.4. The normalized spacial score (nSPS) is 22.4. The predicted molar refractivity (Wildman–Crippen MR) is 190 cm³/mol. The van der Waals surface area contributed by atoms with Crippen LogP contribution in [-0.4, -0.2) is 95.4 Å². The first kappa shape index (κ1) is 35.5.